The summed E-state index contributed by atoms with van der Waals surface area (Å²) in [6.07, 6.45) is 3.14. The SMILES string of the molecule is CCCCCOc1ccc(-c2ccc(COc3ccc(C)c(F)c3F)cc2)c(F)c1. The molecule has 0 aliphatic heterocycles. The van der Waals surface area contributed by atoms with Crippen LogP contribution in [0.4, 0.5) is 13.2 Å². The Morgan fingerprint density at radius 2 is 1.57 bits per heavy atom. The van der Waals surface area contributed by atoms with Crippen LogP contribution in [0.2, 0.25) is 0 Å². The van der Waals surface area contributed by atoms with Crippen LogP contribution < -0.4 is 9.47 Å². The highest BCUT2D eigenvalue weighted by molar-refractivity contribution is 5.65. The molecule has 0 aliphatic rings. The molecular formula is C25H25F3O2. The summed E-state index contributed by atoms with van der Waals surface area (Å²) in [6.45, 7) is 4.26. The standard InChI is InChI=1S/C25H25F3O2/c1-3-4-5-14-29-20-11-12-21(22(26)15-20)19-9-7-18(8-10-19)16-30-23-13-6-17(2)24(27)25(23)28/h6-13,15H,3-5,14,16H2,1-2H3. The Labute approximate surface area is 175 Å². The number of ether oxygens (including phenoxy) is 2. The van der Waals surface area contributed by atoms with Crippen molar-refractivity contribution in [2.45, 2.75) is 39.7 Å². The second-order valence-corrected chi connectivity index (χ2v) is 7.19. The number of hydrogen-bond donors (Lipinski definition) is 0. The highest BCUT2D eigenvalue weighted by Gasteiger charge is 2.12. The van der Waals surface area contributed by atoms with Crippen molar-refractivity contribution < 1.29 is 22.6 Å². The molecular weight excluding hydrogens is 389 g/mol. The molecule has 0 unspecified atom stereocenters. The average Bonchev–Trinajstić information content (AvgIpc) is 2.75. The molecule has 0 saturated heterocycles. The number of halogens is 3. The monoisotopic (exact) mass is 414 g/mol. The topological polar surface area (TPSA) is 18.5 Å². The van der Waals surface area contributed by atoms with E-state index < -0.39 is 11.6 Å². The number of hydrogen-bond acceptors (Lipinski definition) is 2. The molecule has 158 valence electrons. The van der Waals surface area contributed by atoms with E-state index in [2.05, 4.69) is 6.92 Å². The van der Waals surface area contributed by atoms with Gasteiger partial charge in [-0.15, -0.1) is 0 Å². The Morgan fingerprint density at radius 3 is 2.27 bits per heavy atom. The van der Waals surface area contributed by atoms with Crippen LogP contribution >= 0.6 is 0 Å². The van der Waals surface area contributed by atoms with Crippen LogP contribution in [-0.2, 0) is 6.61 Å². The first-order valence-electron chi connectivity index (χ1n) is 10.1. The predicted octanol–water partition coefficient (Wildman–Crippen LogP) is 7.23. The third-order valence-corrected chi connectivity index (χ3v) is 4.86. The molecule has 0 heterocycles. The van der Waals surface area contributed by atoms with E-state index >= 15 is 0 Å². The summed E-state index contributed by atoms with van der Waals surface area (Å²) in [4.78, 5) is 0. The largest absolute Gasteiger partial charge is 0.493 e. The Kier molecular flexibility index (Phi) is 7.39. The van der Waals surface area contributed by atoms with E-state index in [1.54, 1.807) is 36.4 Å². The number of aryl methyl sites for hydroxylation is 1. The second-order valence-electron chi connectivity index (χ2n) is 7.19. The third kappa shape index (κ3) is 5.35. The maximum atomic E-state index is 14.5. The van der Waals surface area contributed by atoms with Gasteiger partial charge >= 0.3 is 0 Å². The van der Waals surface area contributed by atoms with Gasteiger partial charge in [-0.05, 0) is 48.2 Å². The van der Waals surface area contributed by atoms with E-state index in [4.69, 9.17) is 9.47 Å². The summed E-state index contributed by atoms with van der Waals surface area (Å²) in [5.41, 5.74) is 2.16. The Hall–Kier alpha value is -2.95. The van der Waals surface area contributed by atoms with Crippen LogP contribution in [0.25, 0.3) is 11.1 Å². The van der Waals surface area contributed by atoms with E-state index in [0.717, 1.165) is 24.8 Å². The normalized spacial score (nSPS) is 10.8. The van der Waals surface area contributed by atoms with E-state index in [1.165, 1.54) is 25.1 Å². The maximum absolute atomic E-state index is 14.5. The molecule has 0 radical (unpaired) electrons. The second kappa shape index (κ2) is 10.2. The summed E-state index contributed by atoms with van der Waals surface area (Å²) in [5.74, 6) is -1.88. The van der Waals surface area contributed by atoms with E-state index in [-0.39, 0.29) is 23.7 Å². The van der Waals surface area contributed by atoms with Crippen molar-refractivity contribution >= 4 is 0 Å². The molecule has 0 saturated carbocycles. The fourth-order valence-corrected chi connectivity index (χ4v) is 3.04. The third-order valence-electron chi connectivity index (χ3n) is 4.86. The molecule has 5 heteroatoms. The molecule has 0 spiro atoms. The lowest BCUT2D eigenvalue weighted by atomic mass is 10.0. The molecule has 0 fully saturated rings. The summed E-state index contributed by atoms with van der Waals surface area (Å²) < 4.78 is 53.0. The molecule has 0 amide bonds. The number of benzene rings is 3. The zero-order chi connectivity index (χ0) is 21.5. The zero-order valence-corrected chi connectivity index (χ0v) is 17.2. The average molecular weight is 414 g/mol. The fraction of sp³-hybridized carbons (Fsp3) is 0.280. The van der Waals surface area contributed by atoms with Crippen molar-refractivity contribution in [3.8, 4) is 22.6 Å². The van der Waals surface area contributed by atoms with Crippen molar-refractivity contribution in [3.05, 3.63) is 83.2 Å². The minimum absolute atomic E-state index is 0.0761. The number of rotatable bonds is 9. The van der Waals surface area contributed by atoms with Crippen molar-refractivity contribution in [1.82, 2.24) is 0 Å². The lowest BCUT2D eigenvalue weighted by Crippen LogP contribution is -2.00. The molecule has 3 aromatic rings. The van der Waals surface area contributed by atoms with Gasteiger partial charge < -0.3 is 9.47 Å². The van der Waals surface area contributed by atoms with Crippen LogP contribution in [0.5, 0.6) is 11.5 Å². The predicted molar refractivity (Wildman–Crippen MR) is 112 cm³/mol. The number of unbranched alkanes of at least 4 members (excludes halogenated alkanes) is 2. The van der Waals surface area contributed by atoms with Crippen molar-refractivity contribution in [2.24, 2.45) is 0 Å². The highest BCUT2D eigenvalue weighted by Crippen LogP contribution is 2.27. The first-order valence-corrected chi connectivity index (χ1v) is 10.1. The summed E-state index contributed by atoms with van der Waals surface area (Å²) in [5, 5.41) is 0. The van der Waals surface area contributed by atoms with Gasteiger partial charge in [0.2, 0.25) is 5.82 Å². The van der Waals surface area contributed by atoms with Crippen molar-refractivity contribution in [2.75, 3.05) is 6.61 Å². The zero-order valence-electron chi connectivity index (χ0n) is 17.2. The van der Waals surface area contributed by atoms with Gasteiger partial charge in [0, 0.05) is 11.6 Å². The van der Waals surface area contributed by atoms with Gasteiger partial charge in [0.05, 0.1) is 6.61 Å². The van der Waals surface area contributed by atoms with Crippen LogP contribution in [0.1, 0.15) is 37.3 Å². The summed E-state index contributed by atoms with van der Waals surface area (Å²) in [7, 11) is 0. The minimum atomic E-state index is -0.995. The molecule has 2 nitrogen and oxygen atoms in total. The minimum Gasteiger partial charge on any atom is -0.493 e. The van der Waals surface area contributed by atoms with Gasteiger partial charge in [0.1, 0.15) is 18.2 Å². The Morgan fingerprint density at radius 1 is 0.800 bits per heavy atom. The first kappa shape index (κ1) is 21.8. The molecule has 0 N–H and O–H groups in total. The summed E-state index contributed by atoms with van der Waals surface area (Å²) >= 11 is 0. The van der Waals surface area contributed by atoms with Crippen LogP contribution in [0, 0.1) is 24.4 Å². The van der Waals surface area contributed by atoms with E-state index in [1.807, 2.05) is 0 Å². The molecule has 3 aromatic carbocycles. The van der Waals surface area contributed by atoms with Gasteiger partial charge in [-0.25, -0.2) is 8.78 Å². The van der Waals surface area contributed by atoms with Crippen LogP contribution in [-0.4, -0.2) is 6.61 Å². The molecule has 30 heavy (non-hydrogen) atoms. The Bertz CT molecular complexity index is 984. The van der Waals surface area contributed by atoms with Gasteiger partial charge in [0.25, 0.3) is 0 Å². The van der Waals surface area contributed by atoms with E-state index in [9.17, 15) is 13.2 Å². The van der Waals surface area contributed by atoms with Gasteiger partial charge in [-0.1, -0.05) is 50.1 Å². The lowest BCUT2D eigenvalue weighted by Gasteiger charge is -2.11. The molecule has 0 bridgehead atoms. The fourth-order valence-electron chi connectivity index (χ4n) is 3.04. The Balaban J connectivity index is 1.63. The smallest absolute Gasteiger partial charge is 0.200 e. The molecule has 0 aliphatic carbocycles. The molecule has 3 rings (SSSR count). The summed E-state index contributed by atoms with van der Waals surface area (Å²) in [6, 6.07) is 14.8. The van der Waals surface area contributed by atoms with Crippen LogP contribution in [0.15, 0.2) is 54.6 Å². The van der Waals surface area contributed by atoms with Gasteiger partial charge in [-0.2, -0.15) is 4.39 Å². The van der Waals surface area contributed by atoms with Gasteiger partial charge in [-0.3, -0.25) is 0 Å². The van der Waals surface area contributed by atoms with Crippen molar-refractivity contribution in [3.63, 3.8) is 0 Å². The highest BCUT2D eigenvalue weighted by atomic mass is 19.2. The quantitative estimate of drug-likeness (QED) is 0.344. The maximum Gasteiger partial charge on any atom is 0.200 e. The lowest BCUT2D eigenvalue weighted by molar-refractivity contribution is 0.284. The van der Waals surface area contributed by atoms with Gasteiger partial charge in [0.15, 0.2) is 11.6 Å². The molecule has 0 atom stereocenters. The first-order chi connectivity index (χ1) is 14.5. The van der Waals surface area contributed by atoms with Crippen molar-refractivity contribution in [1.29, 1.82) is 0 Å². The van der Waals surface area contributed by atoms with E-state index in [0.29, 0.717) is 23.5 Å². The molecule has 0 aromatic heterocycles. The van der Waals surface area contributed by atoms with Crippen LogP contribution in [0.3, 0.4) is 0 Å².